The lowest BCUT2D eigenvalue weighted by Gasteiger charge is -2.27. The molecule has 0 aliphatic rings. The van der Waals surface area contributed by atoms with Crippen molar-refractivity contribution in [2.45, 2.75) is 42.6 Å². The first-order valence-corrected chi connectivity index (χ1v) is 8.99. The number of amides is 1. The first-order chi connectivity index (χ1) is 11.2. The Balaban J connectivity index is 2.62. The molecule has 1 aromatic carbocycles. The summed E-state index contributed by atoms with van der Waals surface area (Å²) in [6.45, 7) is 2.05. The maximum atomic E-state index is 11.9. The van der Waals surface area contributed by atoms with Gasteiger partial charge < -0.3 is 21.1 Å². The molecule has 134 valence electrons. The third-order valence-electron chi connectivity index (χ3n) is 3.02. The van der Waals surface area contributed by atoms with Gasteiger partial charge in [0.2, 0.25) is 9.70 Å². The minimum Gasteiger partial charge on any atom is -0.508 e. The molecule has 1 aromatic rings. The SMILES string of the molecule is CCCCCC(=O)N[C@H](NC(=S)Nc1cccc(O)c1)C(Cl)(Cl)Cl. The van der Waals surface area contributed by atoms with Gasteiger partial charge in [-0.05, 0) is 30.8 Å². The highest BCUT2D eigenvalue weighted by atomic mass is 35.6. The summed E-state index contributed by atoms with van der Waals surface area (Å²) >= 11 is 22.9. The number of anilines is 1. The number of benzene rings is 1. The standard InChI is InChI=1S/C15H20Cl3N3O2S/c1-2-3-4-8-12(23)20-13(15(16,17)18)21-14(24)19-10-6-5-7-11(22)9-10/h5-7,9,13,22H,2-4,8H2,1H3,(H,20,23)(H2,19,21,24)/t13-/m1/s1. The van der Waals surface area contributed by atoms with Crippen molar-refractivity contribution < 1.29 is 9.90 Å². The molecule has 5 nitrogen and oxygen atoms in total. The average molecular weight is 413 g/mol. The van der Waals surface area contributed by atoms with Crippen molar-refractivity contribution in [2.75, 3.05) is 5.32 Å². The molecule has 9 heteroatoms. The van der Waals surface area contributed by atoms with E-state index in [9.17, 15) is 9.90 Å². The van der Waals surface area contributed by atoms with Gasteiger partial charge in [-0.15, -0.1) is 0 Å². The zero-order chi connectivity index (χ0) is 18.2. The first kappa shape index (κ1) is 21.1. The van der Waals surface area contributed by atoms with Crippen LogP contribution in [0.5, 0.6) is 5.75 Å². The minimum absolute atomic E-state index is 0.0879. The van der Waals surface area contributed by atoms with Crippen LogP contribution in [0.15, 0.2) is 24.3 Å². The normalized spacial score (nSPS) is 12.3. The zero-order valence-corrected chi connectivity index (χ0v) is 16.2. The fourth-order valence-electron chi connectivity index (χ4n) is 1.85. The van der Waals surface area contributed by atoms with E-state index < -0.39 is 9.96 Å². The number of carbonyl (C=O) groups is 1. The molecule has 1 amide bonds. The number of alkyl halides is 3. The zero-order valence-electron chi connectivity index (χ0n) is 13.1. The lowest BCUT2D eigenvalue weighted by molar-refractivity contribution is -0.122. The predicted molar refractivity (Wildman–Crippen MR) is 104 cm³/mol. The molecule has 24 heavy (non-hydrogen) atoms. The number of phenolic OH excluding ortho intramolecular Hbond substituents is 1. The number of thiocarbonyl (C=S) groups is 1. The maximum absolute atomic E-state index is 11.9. The highest BCUT2D eigenvalue weighted by Gasteiger charge is 2.34. The smallest absolute Gasteiger partial charge is 0.228 e. The van der Waals surface area contributed by atoms with Crippen molar-refractivity contribution in [3.8, 4) is 5.75 Å². The van der Waals surface area contributed by atoms with Crippen molar-refractivity contribution >= 4 is 63.7 Å². The summed E-state index contributed by atoms with van der Waals surface area (Å²) in [5, 5.41) is 17.8. The van der Waals surface area contributed by atoms with Gasteiger partial charge in [0.05, 0.1) is 0 Å². The van der Waals surface area contributed by atoms with Crippen LogP contribution in [0, 0.1) is 0 Å². The molecule has 0 unspecified atom stereocenters. The Bertz CT molecular complexity index is 567. The Morgan fingerprint density at radius 1 is 1.29 bits per heavy atom. The summed E-state index contributed by atoms with van der Waals surface area (Å²) in [4.78, 5) is 11.9. The maximum Gasteiger partial charge on any atom is 0.228 e. The molecule has 0 fully saturated rings. The van der Waals surface area contributed by atoms with Crippen molar-refractivity contribution in [2.24, 2.45) is 0 Å². The van der Waals surface area contributed by atoms with E-state index in [1.165, 1.54) is 12.1 Å². The first-order valence-electron chi connectivity index (χ1n) is 7.45. The van der Waals surface area contributed by atoms with Crippen LogP contribution in [0.2, 0.25) is 0 Å². The van der Waals surface area contributed by atoms with Crippen LogP contribution in [0.3, 0.4) is 0 Å². The molecule has 0 aliphatic heterocycles. The second kappa shape index (κ2) is 10.1. The van der Waals surface area contributed by atoms with Gasteiger partial charge in [-0.2, -0.15) is 0 Å². The van der Waals surface area contributed by atoms with Crippen molar-refractivity contribution in [1.82, 2.24) is 10.6 Å². The summed E-state index contributed by atoms with van der Waals surface area (Å²) in [5.41, 5.74) is 0.560. The van der Waals surface area contributed by atoms with Gasteiger partial charge in [0.1, 0.15) is 11.9 Å². The number of phenols is 1. The van der Waals surface area contributed by atoms with E-state index in [0.29, 0.717) is 12.1 Å². The number of hydrogen-bond donors (Lipinski definition) is 4. The van der Waals surface area contributed by atoms with Crippen LogP contribution in [0.1, 0.15) is 32.6 Å². The fourth-order valence-corrected chi connectivity index (χ4v) is 2.41. The molecular formula is C15H20Cl3N3O2S. The monoisotopic (exact) mass is 411 g/mol. The van der Waals surface area contributed by atoms with Crippen LogP contribution in [-0.2, 0) is 4.79 Å². The number of unbranched alkanes of at least 4 members (excludes halogenated alkanes) is 2. The molecule has 0 saturated heterocycles. The van der Waals surface area contributed by atoms with E-state index in [2.05, 4.69) is 22.9 Å². The lowest BCUT2D eigenvalue weighted by Crippen LogP contribution is -2.56. The van der Waals surface area contributed by atoms with Gasteiger partial charge in [-0.1, -0.05) is 60.6 Å². The highest BCUT2D eigenvalue weighted by molar-refractivity contribution is 7.80. The molecule has 0 heterocycles. The van der Waals surface area contributed by atoms with Crippen LogP contribution in [-0.4, -0.2) is 26.1 Å². The summed E-state index contributed by atoms with van der Waals surface area (Å²) in [6, 6.07) is 6.38. The summed E-state index contributed by atoms with van der Waals surface area (Å²) in [6.07, 6.45) is 2.09. The van der Waals surface area contributed by atoms with E-state index in [0.717, 1.165) is 19.3 Å². The van der Waals surface area contributed by atoms with Gasteiger partial charge in [-0.3, -0.25) is 4.79 Å². The van der Waals surface area contributed by atoms with Gasteiger partial charge >= 0.3 is 0 Å². The van der Waals surface area contributed by atoms with E-state index in [4.69, 9.17) is 47.0 Å². The van der Waals surface area contributed by atoms with E-state index >= 15 is 0 Å². The topological polar surface area (TPSA) is 73.4 Å². The van der Waals surface area contributed by atoms with Crippen LogP contribution >= 0.6 is 47.0 Å². The van der Waals surface area contributed by atoms with E-state index in [1.54, 1.807) is 12.1 Å². The Kier molecular flexibility index (Phi) is 8.91. The van der Waals surface area contributed by atoms with Crippen LogP contribution < -0.4 is 16.0 Å². The Morgan fingerprint density at radius 3 is 2.58 bits per heavy atom. The van der Waals surface area contributed by atoms with Crippen molar-refractivity contribution in [1.29, 1.82) is 0 Å². The molecule has 4 N–H and O–H groups in total. The van der Waals surface area contributed by atoms with Crippen LogP contribution in [0.25, 0.3) is 0 Å². The second-order valence-electron chi connectivity index (χ2n) is 5.15. The van der Waals surface area contributed by atoms with Gasteiger partial charge in [0, 0.05) is 18.2 Å². The van der Waals surface area contributed by atoms with E-state index in [-0.39, 0.29) is 16.8 Å². The molecule has 0 bridgehead atoms. The molecule has 0 aliphatic carbocycles. The summed E-state index contributed by atoms with van der Waals surface area (Å²) in [5.74, 6) is -0.141. The Morgan fingerprint density at radius 2 is 2.00 bits per heavy atom. The third kappa shape index (κ3) is 8.24. The third-order valence-corrected chi connectivity index (χ3v) is 3.89. The second-order valence-corrected chi connectivity index (χ2v) is 7.93. The van der Waals surface area contributed by atoms with E-state index in [1.807, 2.05) is 0 Å². The fraction of sp³-hybridized carbons (Fsp3) is 0.467. The van der Waals surface area contributed by atoms with Gasteiger partial charge in [0.25, 0.3) is 0 Å². The van der Waals surface area contributed by atoms with Crippen LogP contribution in [0.4, 0.5) is 5.69 Å². The highest BCUT2D eigenvalue weighted by Crippen LogP contribution is 2.29. The number of halogens is 3. The number of carbonyl (C=O) groups excluding carboxylic acids is 1. The number of nitrogens with one attached hydrogen (secondary N) is 3. The van der Waals surface area contributed by atoms with Gasteiger partial charge in [-0.25, -0.2) is 0 Å². The molecule has 0 saturated carbocycles. The molecule has 0 radical (unpaired) electrons. The van der Waals surface area contributed by atoms with Crippen molar-refractivity contribution in [3.05, 3.63) is 24.3 Å². The number of rotatable bonds is 7. The molecule has 0 spiro atoms. The Labute approximate surface area is 162 Å². The molecule has 0 aromatic heterocycles. The largest absolute Gasteiger partial charge is 0.508 e. The quantitative estimate of drug-likeness (QED) is 0.235. The summed E-state index contributed by atoms with van der Waals surface area (Å²) < 4.78 is -1.79. The Hall–Kier alpha value is -0.950. The minimum atomic E-state index is -1.79. The molecule has 1 atom stereocenters. The number of hydrogen-bond acceptors (Lipinski definition) is 3. The molecular weight excluding hydrogens is 393 g/mol. The number of aromatic hydroxyl groups is 1. The molecule has 1 rings (SSSR count). The van der Waals surface area contributed by atoms with Gasteiger partial charge in [0.15, 0.2) is 5.11 Å². The lowest BCUT2D eigenvalue weighted by atomic mass is 10.2. The predicted octanol–water partition coefficient (Wildman–Crippen LogP) is 4.07. The van der Waals surface area contributed by atoms with Crippen molar-refractivity contribution in [3.63, 3.8) is 0 Å². The summed E-state index contributed by atoms with van der Waals surface area (Å²) in [7, 11) is 0. The average Bonchev–Trinajstić information content (AvgIpc) is 2.45.